The van der Waals surface area contributed by atoms with E-state index in [1.54, 1.807) is 12.1 Å². The highest BCUT2D eigenvalue weighted by atomic mass is 32.1. The van der Waals surface area contributed by atoms with Gasteiger partial charge >= 0.3 is 0 Å². The molecule has 0 spiro atoms. The molecule has 8 heteroatoms. The van der Waals surface area contributed by atoms with Crippen molar-refractivity contribution in [1.29, 1.82) is 0 Å². The van der Waals surface area contributed by atoms with E-state index in [1.165, 1.54) is 0 Å². The average molecular weight is 556 g/mol. The lowest BCUT2D eigenvalue weighted by Crippen LogP contribution is -2.54. The lowest BCUT2D eigenvalue weighted by Gasteiger charge is -2.38. The van der Waals surface area contributed by atoms with Crippen LogP contribution in [-0.2, 0) is 9.59 Å². The molecule has 2 aromatic carbocycles. The third-order valence-electron chi connectivity index (χ3n) is 8.49. The number of thiol groups is 1. The van der Waals surface area contributed by atoms with Crippen LogP contribution in [0.1, 0.15) is 61.8 Å². The van der Waals surface area contributed by atoms with Gasteiger partial charge in [-0.3, -0.25) is 14.5 Å². The van der Waals surface area contributed by atoms with Crippen LogP contribution in [0.4, 0.5) is 11.4 Å². The number of quaternary nitrogens is 1. The summed E-state index contributed by atoms with van der Waals surface area (Å²) in [5.74, 6) is 0.258. The highest BCUT2D eigenvalue weighted by Crippen LogP contribution is 2.28. The molecule has 1 atom stereocenters. The Labute approximate surface area is 240 Å². The molecule has 0 radical (unpaired) electrons. The standard InChI is InChI=1S/C31H46N4O3S/c1-7-35(8-2,20-28(37)32-29-22(4)18-25(36)19-23(29)5)17-11-16-34-15-10-9-12-26(34)31(38)33-30-21(3)13-14-27(39)24(30)6/h13-14,18-19,26H,7-12,15-17,20H2,1-6H3,(H3-,32,33,36,37,38,39)/p+1. The van der Waals surface area contributed by atoms with Crippen molar-refractivity contribution < 1.29 is 19.2 Å². The summed E-state index contributed by atoms with van der Waals surface area (Å²) in [6, 6.07) is 7.17. The molecule has 0 aliphatic carbocycles. The number of aryl methyl sites for hydroxylation is 3. The van der Waals surface area contributed by atoms with Crippen molar-refractivity contribution in [2.24, 2.45) is 0 Å². The monoisotopic (exact) mass is 555 g/mol. The number of piperidine rings is 1. The van der Waals surface area contributed by atoms with Crippen molar-refractivity contribution in [2.75, 3.05) is 49.9 Å². The summed E-state index contributed by atoms with van der Waals surface area (Å²) in [6.07, 6.45) is 3.93. The van der Waals surface area contributed by atoms with Crippen LogP contribution in [0, 0.1) is 27.7 Å². The SMILES string of the molecule is CC[N+](CC)(CCCN1CCCCC1C(=O)Nc1c(C)ccc(S)c1C)CC(=O)Nc1c(C)cc(O)cc1C. The van der Waals surface area contributed by atoms with E-state index in [2.05, 4.69) is 42.0 Å². The number of benzene rings is 2. The Hall–Kier alpha value is -2.55. The molecular formula is C31H47N4O3S+. The molecule has 1 heterocycles. The number of likely N-dealkylation sites (tertiary alicyclic amines) is 1. The Morgan fingerprint density at radius 1 is 1.00 bits per heavy atom. The largest absolute Gasteiger partial charge is 0.508 e. The quantitative estimate of drug-likeness (QED) is 0.165. The summed E-state index contributed by atoms with van der Waals surface area (Å²) in [4.78, 5) is 29.8. The van der Waals surface area contributed by atoms with Gasteiger partial charge in [-0.2, -0.15) is 0 Å². The van der Waals surface area contributed by atoms with Crippen LogP contribution >= 0.6 is 12.6 Å². The number of anilines is 2. The normalized spacial score (nSPS) is 16.2. The molecule has 2 amide bonds. The van der Waals surface area contributed by atoms with Crippen LogP contribution in [0.2, 0.25) is 0 Å². The first-order chi connectivity index (χ1) is 18.5. The molecule has 1 saturated heterocycles. The average Bonchev–Trinajstić information content (AvgIpc) is 2.90. The topological polar surface area (TPSA) is 81.7 Å². The number of rotatable bonds is 11. The van der Waals surface area contributed by atoms with Gasteiger partial charge in [-0.05, 0) is 101 Å². The van der Waals surface area contributed by atoms with Crippen molar-refractivity contribution in [3.8, 4) is 5.75 Å². The van der Waals surface area contributed by atoms with Gasteiger partial charge in [-0.1, -0.05) is 12.5 Å². The Balaban J connectivity index is 1.62. The van der Waals surface area contributed by atoms with E-state index in [0.29, 0.717) is 11.0 Å². The van der Waals surface area contributed by atoms with Gasteiger partial charge < -0.3 is 20.2 Å². The van der Waals surface area contributed by atoms with E-state index in [9.17, 15) is 14.7 Å². The van der Waals surface area contributed by atoms with Crippen LogP contribution in [0.3, 0.4) is 0 Å². The first-order valence-corrected chi connectivity index (χ1v) is 14.7. The van der Waals surface area contributed by atoms with E-state index >= 15 is 0 Å². The van der Waals surface area contributed by atoms with E-state index < -0.39 is 0 Å². The van der Waals surface area contributed by atoms with Crippen molar-refractivity contribution >= 4 is 35.8 Å². The molecule has 1 fully saturated rings. The van der Waals surface area contributed by atoms with Gasteiger partial charge in [0.05, 0.1) is 25.7 Å². The third kappa shape index (κ3) is 7.77. The number of nitrogens with zero attached hydrogens (tertiary/aromatic N) is 2. The fourth-order valence-corrected chi connectivity index (χ4v) is 6.05. The Kier molecular flexibility index (Phi) is 10.9. The zero-order chi connectivity index (χ0) is 28.7. The van der Waals surface area contributed by atoms with Gasteiger partial charge in [0.2, 0.25) is 5.91 Å². The van der Waals surface area contributed by atoms with Crippen LogP contribution < -0.4 is 10.6 Å². The molecule has 1 aliphatic rings. The highest BCUT2D eigenvalue weighted by molar-refractivity contribution is 7.80. The Morgan fingerprint density at radius 3 is 2.31 bits per heavy atom. The van der Waals surface area contributed by atoms with Crippen molar-refractivity contribution in [2.45, 2.75) is 78.2 Å². The number of nitrogens with one attached hydrogen (secondary N) is 2. The summed E-state index contributed by atoms with van der Waals surface area (Å²) in [6.45, 7) is 16.8. The van der Waals surface area contributed by atoms with Crippen molar-refractivity contribution in [3.63, 3.8) is 0 Å². The maximum atomic E-state index is 13.4. The summed E-state index contributed by atoms with van der Waals surface area (Å²) in [5, 5.41) is 16.1. The van der Waals surface area contributed by atoms with E-state index in [-0.39, 0.29) is 23.6 Å². The second-order valence-corrected chi connectivity index (χ2v) is 11.6. The molecule has 214 valence electrons. The lowest BCUT2D eigenvalue weighted by molar-refractivity contribution is -0.917. The zero-order valence-corrected chi connectivity index (χ0v) is 25.5. The van der Waals surface area contributed by atoms with Gasteiger partial charge in [0.15, 0.2) is 6.54 Å². The Bertz CT molecular complexity index is 1160. The van der Waals surface area contributed by atoms with Crippen LogP contribution in [0.5, 0.6) is 5.75 Å². The fraction of sp³-hybridized carbons (Fsp3) is 0.548. The number of hydrogen-bond acceptors (Lipinski definition) is 5. The minimum Gasteiger partial charge on any atom is -0.508 e. The number of amides is 2. The van der Waals surface area contributed by atoms with Crippen molar-refractivity contribution in [3.05, 3.63) is 46.5 Å². The number of hydrogen-bond donors (Lipinski definition) is 4. The zero-order valence-electron chi connectivity index (χ0n) is 24.6. The maximum Gasteiger partial charge on any atom is 0.279 e. The van der Waals surface area contributed by atoms with E-state index in [0.717, 1.165) is 96.9 Å². The van der Waals surface area contributed by atoms with Gasteiger partial charge in [0.25, 0.3) is 5.91 Å². The fourth-order valence-electron chi connectivity index (χ4n) is 5.86. The predicted octanol–water partition coefficient (Wildman–Crippen LogP) is 5.59. The summed E-state index contributed by atoms with van der Waals surface area (Å²) in [5.41, 5.74) is 5.40. The smallest absolute Gasteiger partial charge is 0.279 e. The molecule has 1 unspecified atom stereocenters. The molecular weight excluding hydrogens is 508 g/mol. The Morgan fingerprint density at radius 2 is 1.67 bits per heavy atom. The van der Waals surface area contributed by atoms with Crippen LogP contribution in [0.25, 0.3) is 0 Å². The molecule has 0 saturated carbocycles. The number of carbonyl (C=O) groups excluding carboxylic acids is 2. The van der Waals surface area contributed by atoms with Crippen molar-refractivity contribution in [1.82, 2.24) is 4.90 Å². The molecule has 3 rings (SSSR count). The first kappa shape index (κ1) is 31.0. The molecule has 2 aromatic rings. The lowest BCUT2D eigenvalue weighted by atomic mass is 10.00. The van der Waals surface area contributed by atoms with Gasteiger partial charge in [0.1, 0.15) is 5.75 Å². The second-order valence-electron chi connectivity index (χ2n) is 11.2. The van der Waals surface area contributed by atoms with Crippen LogP contribution in [0.15, 0.2) is 29.2 Å². The van der Waals surface area contributed by atoms with Gasteiger partial charge in [0, 0.05) is 29.2 Å². The molecule has 39 heavy (non-hydrogen) atoms. The molecule has 0 aromatic heterocycles. The number of carbonyl (C=O) groups is 2. The summed E-state index contributed by atoms with van der Waals surface area (Å²) >= 11 is 4.54. The number of phenols is 1. The number of aromatic hydroxyl groups is 1. The number of likely N-dealkylation sites (N-methyl/N-ethyl adjacent to an activating group) is 1. The van der Waals surface area contributed by atoms with Gasteiger partial charge in [-0.25, -0.2) is 0 Å². The first-order valence-electron chi connectivity index (χ1n) is 14.3. The third-order valence-corrected chi connectivity index (χ3v) is 8.97. The van der Waals surface area contributed by atoms with E-state index in [1.807, 2.05) is 39.8 Å². The molecule has 3 N–H and O–H groups in total. The minimum absolute atomic E-state index is 0.0111. The van der Waals surface area contributed by atoms with Crippen LogP contribution in [-0.4, -0.2) is 71.6 Å². The predicted molar refractivity (Wildman–Crippen MR) is 163 cm³/mol. The second kappa shape index (κ2) is 13.7. The molecule has 7 nitrogen and oxygen atoms in total. The minimum atomic E-state index is -0.143. The van der Waals surface area contributed by atoms with Gasteiger partial charge in [-0.15, -0.1) is 12.6 Å². The highest BCUT2D eigenvalue weighted by Gasteiger charge is 2.31. The van der Waals surface area contributed by atoms with E-state index in [4.69, 9.17) is 0 Å². The summed E-state index contributed by atoms with van der Waals surface area (Å²) < 4.78 is 0.694. The molecule has 1 aliphatic heterocycles. The maximum absolute atomic E-state index is 13.4. The summed E-state index contributed by atoms with van der Waals surface area (Å²) in [7, 11) is 0. The number of phenolic OH excluding ortho intramolecular Hbond substituents is 1. The molecule has 0 bridgehead atoms.